The van der Waals surface area contributed by atoms with E-state index in [0.29, 0.717) is 12.5 Å². The quantitative estimate of drug-likeness (QED) is 0.555. The molecule has 4 N–H and O–H groups in total. The summed E-state index contributed by atoms with van der Waals surface area (Å²) in [5.41, 5.74) is 0. The number of aliphatic carboxylic acids is 1. The third-order valence-corrected chi connectivity index (χ3v) is 3.82. The van der Waals surface area contributed by atoms with Crippen molar-refractivity contribution >= 4 is 17.9 Å². The number of hydrogen-bond donors (Lipinski definition) is 4. The summed E-state index contributed by atoms with van der Waals surface area (Å²) < 4.78 is 0. The molecule has 1 aliphatic rings. The molecule has 0 aromatic heterocycles. The van der Waals surface area contributed by atoms with Crippen LogP contribution in [0.4, 0.5) is 4.79 Å². The first-order chi connectivity index (χ1) is 9.97. The maximum Gasteiger partial charge on any atom is 0.322 e. The highest BCUT2D eigenvalue weighted by molar-refractivity contribution is 5.86. The lowest BCUT2D eigenvalue weighted by Crippen LogP contribution is -2.43. The number of amides is 3. The Labute approximate surface area is 124 Å². The second-order valence-electron chi connectivity index (χ2n) is 5.69. The van der Waals surface area contributed by atoms with Gasteiger partial charge in [0.1, 0.15) is 6.54 Å². The topological polar surface area (TPSA) is 108 Å². The minimum atomic E-state index is -1.12. The van der Waals surface area contributed by atoms with Crippen molar-refractivity contribution in [1.82, 2.24) is 16.0 Å². The van der Waals surface area contributed by atoms with Gasteiger partial charge in [0.15, 0.2) is 0 Å². The van der Waals surface area contributed by atoms with Crippen LogP contribution in [0.3, 0.4) is 0 Å². The molecular formula is C14H25N3O4. The van der Waals surface area contributed by atoms with Gasteiger partial charge in [-0.25, -0.2) is 4.79 Å². The highest BCUT2D eigenvalue weighted by atomic mass is 16.4. The van der Waals surface area contributed by atoms with Gasteiger partial charge in [-0.05, 0) is 18.3 Å². The number of carbonyl (C=O) groups is 3. The summed E-state index contributed by atoms with van der Waals surface area (Å²) in [4.78, 5) is 32.9. The Bertz CT molecular complexity index is 365. The van der Waals surface area contributed by atoms with E-state index in [2.05, 4.69) is 22.9 Å². The summed E-state index contributed by atoms with van der Waals surface area (Å²) in [6.45, 7) is 2.21. The molecule has 120 valence electrons. The monoisotopic (exact) mass is 299 g/mol. The number of nitrogens with one attached hydrogen (secondary N) is 3. The van der Waals surface area contributed by atoms with Crippen molar-refractivity contribution in [2.45, 2.75) is 39.0 Å². The molecule has 1 saturated carbocycles. The Morgan fingerprint density at radius 2 is 1.67 bits per heavy atom. The van der Waals surface area contributed by atoms with E-state index in [1.165, 1.54) is 25.7 Å². The SMILES string of the molecule is CC1CCC(CCNC(=O)NCC(=O)NCC(=O)O)CC1. The average molecular weight is 299 g/mol. The van der Waals surface area contributed by atoms with Crippen LogP contribution in [0.15, 0.2) is 0 Å². The van der Waals surface area contributed by atoms with E-state index in [4.69, 9.17) is 5.11 Å². The standard InChI is InChI=1S/C14H25N3O4/c1-10-2-4-11(5-3-10)6-7-15-14(21)17-8-12(18)16-9-13(19)20/h10-11H,2-9H2,1H3,(H,16,18)(H,19,20)(H2,15,17,21). The van der Waals surface area contributed by atoms with Gasteiger partial charge in [-0.15, -0.1) is 0 Å². The lowest BCUT2D eigenvalue weighted by atomic mass is 9.81. The van der Waals surface area contributed by atoms with Gasteiger partial charge in [0.25, 0.3) is 0 Å². The maximum absolute atomic E-state index is 11.5. The Kier molecular flexibility index (Phi) is 7.56. The Morgan fingerprint density at radius 1 is 1.00 bits per heavy atom. The van der Waals surface area contributed by atoms with Gasteiger partial charge in [0.2, 0.25) is 5.91 Å². The molecule has 0 aliphatic heterocycles. The predicted octanol–water partition coefficient (Wildman–Crippen LogP) is 0.703. The van der Waals surface area contributed by atoms with Gasteiger partial charge in [-0.3, -0.25) is 9.59 Å². The van der Waals surface area contributed by atoms with Gasteiger partial charge < -0.3 is 21.1 Å². The van der Waals surface area contributed by atoms with Crippen LogP contribution >= 0.6 is 0 Å². The number of carboxylic acids is 1. The molecule has 1 fully saturated rings. The molecule has 0 saturated heterocycles. The van der Waals surface area contributed by atoms with Crippen molar-refractivity contribution < 1.29 is 19.5 Å². The third-order valence-electron chi connectivity index (χ3n) is 3.82. The van der Waals surface area contributed by atoms with Crippen molar-refractivity contribution in [1.29, 1.82) is 0 Å². The molecule has 3 amide bonds. The Balaban J connectivity index is 2.03. The molecule has 0 spiro atoms. The fourth-order valence-corrected chi connectivity index (χ4v) is 2.47. The summed E-state index contributed by atoms with van der Waals surface area (Å²) in [7, 11) is 0. The van der Waals surface area contributed by atoms with E-state index in [-0.39, 0.29) is 6.54 Å². The molecule has 0 atom stereocenters. The zero-order chi connectivity index (χ0) is 15.7. The second-order valence-corrected chi connectivity index (χ2v) is 5.69. The molecule has 0 aromatic carbocycles. The largest absolute Gasteiger partial charge is 0.480 e. The van der Waals surface area contributed by atoms with Crippen molar-refractivity contribution in [3.63, 3.8) is 0 Å². The fourth-order valence-electron chi connectivity index (χ4n) is 2.47. The molecule has 21 heavy (non-hydrogen) atoms. The number of urea groups is 1. The lowest BCUT2D eigenvalue weighted by Gasteiger charge is -2.26. The zero-order valence-electron chi connectivity index (χ0n) is 12.5. The van der Waals surface area contributed by atoms with E-state index >= 15 is 0 Å². The van der Waals surface area contributed by atoms with Crippen molar-refractivity contribution in [2.24, 2.45) is 11.8 Å². The highest BCUT2D eigenvalue weighted by Gasteiger charge is 2.17. The normalized spacial score (nSPS) is 21.4. The van der Waals surface area contributed by atoms with Crippen LogP contribution in [-0.2, 0) is 9.59 Å². The zero-order valence-corrected chi connectivity index (χ0v) is 12.5. The molecule has 0 unspecified atom stereocenters. The molecule has 0 radical (unpaired) electrons. The Hall–Kier alpha value is -1.79. The van der Waals surface area contributed by atoms with Gasteiger partial charge in [-0.1, -0.05) is 32.6 Å². The van der Waals surface area contributed by atoms with Crippen molar-refractivity contribution in [3.05, 3.63) is 0 Å². The summed E-state index contributed by atoms with van der Waals surface area (Å²) in [6.07, 6.45) is 5.94. The van der Waals surface area contributed by atoms with Gasteiger partial charge in [0, 0.05) is 6.54 Å². The molecule has 0 bridgehead atoms. The average Bonchev–Trinajstić information content (AvgIpc) is 2.45. The predicted molar refractivity (Wildman–Crippen MR) is 77.8 cm³/mol. The van der Waals surface area contributed by atoms with Crippen molar-refractivity contribution in [2.75, 3.05) is 19.6 Å². The number of hydrogen-bond acceptors (Lipinski definition) is 3. The van der Waals surface area contributed by atoms with Crippen LogP contribution in [0.25, 0.3) is 0 Å². The molecule has 0 aromatic rings. The van der Waals surface area contributed by atoms with Crippen LogP contribution in [-0.4, -0.2) is 42.6 Å². The minimum Gasteiger partial charge on any atom is -0.480 e. The number of rotatable bonds is 7. The summed E-state index contributed by atoms with van der Waals surface area (Å²) in [5.74, 6) is -0.134. The molecule has 7 nitrogen and oxygen atoms in total. The Morgan fingerprint density at radius 3 is 2.29 bits per heavy atom. The minimum absolute atomic E-state index is 0.222. The van der Waals surface area contributed by atoms with Gasteiger partial charge in [0.05, 0.1) is 6.54 Å². The van der Waals surface area contributed by atoms with Crippen LogP contribution < -0.4 is 16.0 Å². The first-order valence-corrected chi connectivity index (χ1v) is 7.47. The molecular weight excluding hydrogens is 274 g/mol. The van der Waals surface area contributed by atoms with Crippen molar-refractivity contribution in [3.8, 4) is 0 Å². The lowest BCUT2D eigenvalue weighted by molar-refractivity contribution is -0.137. The second kappa shape index (κ2) is 9.20. The summed E-state index contributed by atoms with van der Waals surface area (Å²) in [5, 5.41) is 15.7. The maximum atomic E-state index is 11.5. The summed E-state index contributed by atoms with van der Waals surface area (Å²) >= 11 is 0. The van der Waals surface area contributed by atoms with Gasteiger partial charge in [-0.2, -0.15) is 0 Å². The van der Waals surface area contributed by atoms with E-state index < -0.39 is 24.5 Å². The fraction of sp³-hybridized carbons (Fsp3) is 0.786. The molecule has 0 heterocycles. The third kappa shape index (κ3) is 8.16. The van der Waals surface area contributed by atoms with Gasteiger partial charge >= 0.3 is 12.0 Å². The van der Waals surface area contributed by atoms with E-state index in [0.717, 1.165) is 12.3 Å². The smallest absolute Gasteiger partial charge is 0.322 e. The molecule has 1 aliphatic carbocycles. The first kappa shape index (κ1) is 17.3. The van der Waals surface area contributed by atoms with Crippen LogP contribution in [0, 0.1) is 11.8 Å². The van der Waals surface area contributed by atoms with Crippen LogP contribution in [0.2, 0.25) is 0 Å². The van der Waals surface area contributed by atoms with Crippen LogP contribution in [0.1, 0.15) is 39.0 Å². The molecule has 1 rings (SSSR count). The molecule has 7 heteroatoms. The van der Waals surface area contributed by atoms with Crippen LogP contribution in [0.5, 0.6) is 0 Å². The number of carboxylic acid groups (broad SMARTS) is 1. The summed E-state index contributed by atoms with van der Waals surface area (Å²) in [6, 6.07) is -0.398. The first-order valence-electron chi connectivity index (χ1n) is 7.47. The number of carbonyl (C=O) groups excluding carboxylic acids is 2. The van der Waals surface area contributed by atoms with E-state index in [1.807, 2.05) is 0 Å². The highest BCUT2D eigenvalue weighted by Crippen LogP contribution is 2.29. The van der Waals surface area contributed by atoms with E-state index in [1.54, 1.807) is 0 Å². The van der Waals surface area contributed by atoms with E-state index in [9.17, 15) is 14.4 Å².